The standard InChI is InChI=1S/C8H14F3NO2/c1-2-3-14-8(13)6(11)7(12)5(10)4-9/h5-7H,2-4,12H2,1H3. The van der Waals surface area contributed by atoms with Gasteiger partial charge in [0, 0.05) is 0 Å². The topological polar surface area (TPSA) is 52.3 Å². The summed E-state index contributed by atoms with van der Waals surface area (Å²) in [6.07, 6.45) is -3.97. The lowest BCUT2D eigenvalue weighted by Crippen LogP contribution is -2.46. The Morgan fingerprint density at radius 3 is 2.50 bits per heavy atom. The third-order valence-corrected chi connectivity index (χ3v) is 1.58. The van der Waals surface area contributed by atoms with Crippen molar-refractivity contribution in [2.24, 2.45) is 5.73 Å². The molecule has 0 spiro atoms. The zero-order valence-electron chi connectivity index (χ0n) is 7.88. The lowest BCUT2D eigenvalue weighted by molar-refractivity contribution is -0.151. The van der Waals surface area contributed by atoms with E-state index in [0.29, 0.717) is 6.42 Å². The molecule has 0 saturated carbocycles. The predicted molar refractivity (Wildman–Crippen MR) is 45.0 cm³/mol. The molecule has 0 rings (SSSR count). The summed E-state index contributed by atoms with van der Waals surface area (Å²) in [7, 11) is 0. The van der Waals surface area contributed by atoms with Gasteiger partial charge in [-0.3, -0.25) is 0 Å². The van der Waals surface area contributed by atoms with Gasteiger partial charge >= 0.3 is 5.97 Å². The molecular formula is C8H14F3NO2. The largest absolute Gasteiger partial charge is 0.464 e. The van der Waals surface area contributed by atoms with Crippen LogP contribution in [0.2, 0.25) is 0 Å². The summed E-state index contributed by atoms with van der Waals surface area (Å²) in [6, 6.07) is -1.80. The number of esters is 1. The van der Waals surface area contributed by atoms with E-state index in [1.165, 1.54) is 0 Å². The summed E-state index contributed by atoms with van der Waals surface area (Å²) in [5.41, 5.74) is 4.95. The van der Waals surface area contributed by atoms with Crippen LogP contribution in [0, 0.1) is 0 Å². The molecular weight excluding hydrogens is 199 g/mol. The number of carbonyl (C=O) groups excluding carboxylic acids is 1. The van der Waals surface area contributed by atoms with E-state index in [0.717, 1.165) is 0 Å². The SMILES string of the molecule is CCCOC(=O)C(F)C(N)C(F)CF. The van der Waals surface area contributed by atoms with Crippen molar-refractivity contribution in [3.8, 4) is 0 Å². The Hall–Kier alpha value is -0.780. The molecule has 0 aliphatic heterocycles. The van der Waals surface area contributed by atoms with Crippen molar-refractivity contribution in [2.45, 2.75) is 31.7 Å². The van der Waals surface area contributed by atoms with E-state index < -0.39 is 31.0 Å². The second-order valence-corrected chi connectivity index (χ2v) is 2.82. The van der Waals surface area contributed by atoms with Crippen molar-refractivity contribution in [3.63, 3.8) is 0 Å². The fourth-order valence-electron chi connectivity index (χ4n) is 0.726. The highest BCUT2D eigenvalue weighted by atomic mass is 19.2. The molecule has 0 aromatic heterocycles. The van der Waals surface area contributed by atoms with E-state index >= 15 is 0 Å². The van der Waals surface area contributed by atoms with Gasteiger partial charge < -0.3 is 10.5 Å². The molecule has 0 fully saturated rings. The molecule has 6 heteroatoms. The first-order chi connectivity index (χ1) is 6.54. The van der Waals surface area contributed by atoms with E-state index in [1.807, 2.05) is 0 Å². The van der Waals surface area contributed by atoms with Crippen LogP contribution in [0.4, 0.5) is 13.2 Å². The van der Waals surface area contributed by atoms with Crippen LogP contribution < -0.4 is 5.73 Å². The van der Waals surface area contributed by atoms with Gasteiger partial charge in [-0.1, -0.05) is 6.92 Å². The molecule has 84 valence electrons. The molecule has 3 unspecified atom stereocenters. The Balaban J connectivity index is 4.03. The third-order valence-electron chi connectivity index (χ3n) is 1.58. The average molecular weight is 213 g/mol. The summed E-state index contributed by atoms with van der Waals surface area (Å²) in [5, 5.41) is 0. The van der Waals surface area contributed by atoms with Crippen LogP contribution in [0.1, 0.15) is 13.3 Å². The highest BCUT2D eigenvalue weighted by molar-refractivity contribution is 5.75. The molecule has 0 amide bonds. The summed E-state index contributed by atoms with van der Waals surface area (Å²) >= 11 is 0. The minimum Gasteiger partial charge on any atom is -0.464 e. The Morgan fingerprint density at radius 1 is 1.50 bits per heavy atom. The van der Waals surface area contributed by atoms with E-state index in [2.05, 4.69) is 4.74 Å². The van der Waals surface area contributed by atoms with E-state index in [4.69, 9.17) is 5.73 Å². The smallest absolute Gasteiger partial charge is 0.342 e. The Bertz CT molecular complexity index is 180. The predicted octanol–water partition coefficient (Wildman–Crippen LogP) is 0.913. The maximum atomic E-state index is 12.9. The monoisotopic (exact) mass is 213 g/mol. The van der Waals surface area contributed by atoms with Crippen LogP contribution in [0.3, 0.4) is 0 Å². The lowest BCUT2D eigenvalue weighted by atomic mass is 10.1. The average Bonchev–Trinajstić information content (AvgIpc) is 2.22. The van der Waals surface area contributed by atoms with E-state index in [9.17, 15) is 18.0 Å². The number of carbonyl (C=O) groups is 1. The van der Waals surface area contributed by atoms with Crippen molar-refractivity contribution in [1.29, 1.82) is 0 Å². The van der Waals surface area contributed by atoms with Gasteiger partial charge in [0.1, 0.15) is 12.8 Å². The maximum absolute atomic E-state index is 12.9. The molecule has 0 aliphatic rings. The number of nitrogens with two attached hydrogens (primary N) is 1. The van der Waals surface area contributed by atoms with Gasteiger partial charge in [0.2, 0.25) is 6.17 Å². The summed E-state index contributed by atoms with van der Waals surface area (Å²) in [4.78, 5) is 10.8. The van der Waals surface area contributed by atoms with Crippen LogP contribution in [-0.4, -0.2) is 37.6 Å². The van der Waals surface area contributed by atoms with Crippen molar-refractivity contribution in [3.05, 3.63) is 0 Å². The zero-order chi connectivity index (χ0) is 11.1. The Kier molecular flexibility index (Phi) is 6.27. The quantitative estimate of drug-likeness (QED) is 0.667. The molecule has 0 aliphatic carbocycles. The minimum absolute atomic E-state index is 0.0402. The van der Waals surface area contributed by atoms with Crippen molar-refractivity contribution in [2.75, 3.05) is 13.3 Å². The van der Waals surface area contributed by atoms with Gasteiger partial charge in [0.15, 0.2) is 0 Å². The highest BCUT2D eigenvalue weighted by Gasteiger charge is 2.32. The second kappa shape index (κ2) is 6.64. The first kappa shape index (κ1) is 13.2. The molecule has 0 heterocycles. The number of ether oxygens (including phenoxy) is 1. The number of hydrogen-bond acceptors (Lipinski definition) is 3. The molecule has 3 atom stereocenters. The molecule has 0 saturated heterocycles. The molecule has 0 aromatic carbocycles. The number of halogens is 3. The van der Waals surface area contributed by atoms with Gasteiger partial charge in [0.05, 0.1) is 12.6 Å². The van der Waals surface area contributed by atoms with Crippen LogP contribution in [-0.2, 0) is 9.53 Å². The summed E-state index contributed by atoms with van der Waals surface area (Å²) in [6.45, 7) is 0.348. The zero-order valence-corrected chi connectivity index (χ0v) is 7.88. The number of alkyl halides is 3. The van der Waals surface area contributed by atoms with E-state index in [1.54, 1.807) is 6.92 Å². The van der Waals surface area contributed by atoms with Crippen molar-refractivity contribution in [1.82, 2.24) is 0 Å². The Morgan fingerprint density at radius 2 is 2.07 bits per heavy atom. The lowest BCUT2D eigenvalue weighted by Gasteiger charge is -2.17. The van der Waals surface area contributed by atoms with Gasteiger partial charge in [-0.05, 0) is 6.42 Å². The molecule has 0 radical (unpaired) electrons. The maximum Gasteiger partial charge on any atom is 0.342 e. The highest BCUT2D eigenvalue weighted by Crippen LogP contribution is 2.08. The van der Waals surface area contributed by atoms with Crippen molar-refractivity contribution >= 4 is 5.97 Å². The molecule has 0 bridgehead atoms. The van der Waals surface area contributed by atoms with Gasteiger partial charge in [-0.2, -0.15) is 0 Å². The van der Waals surface area contributed by atoms with E-state index in [-0.39, 0.29) is 6.61 Å². The second-order valence-electron chi connectivity index (χ2n) is 2.82. The van der Waals surface area contributed by atoms with Crippen molar-refractivity contribution < 1.29 is 22.7 Å². The van der Waals surface area contributed by atoms with Gasteiger partial charge in [0.25, 0.3) is 0 Å². The number of rotatable bonds is 6. The minimum atomic E-state index is -2.31. The first-order valence-corrected chi connectivity index (χ1v) is 4.30. The molecule has 14 heavy (non-hydrogen) atoms. The summed E-state index contributed by atoms with van der Waals surface area (Å²) < 4.78 is 41.6. The van der Waals surface area contributed by atoms with Crippen LogP contribution in [0.15, 0.2) is 0 Å². The van der Waals surface area contributed by atoms with Crippen LogP contribution in [0.25, 0.3) is 0 Å². The van der Waals surface area contributed by atoms with Crippen LogP contribution in [0.5, 0.6) is 0 Å². The van der Waals surface area contributed by atoms with Crippen LogP contribution >= 0.6 is 0 Å². The van der Waals surface area contributed by atoms with Gasteiger partial charge in [-0.25, -0.2) is 18.0 Å². The number of hydrogen-bond donors (Lipinski definition) is 1. The summed E-state index contributed by atoms with van der Waals surface area (Å²) in [5.74, 6) is -1.24. The molecule has 3 nitrogen and oxygen atoms in total. The Labute approximate surface area is 80.4 Å². The third kappa shape index (κ3) is 3.95. The molecule has 2 N–H and O–H groups in total. The molecule has 0 aromatic rings. The fourth-order valence-corrected chi connectivity index (χ4v) is 0.726. The first-order valence-electron chi connectivity index (χ1n) is 4.30. The fraction of sp³-hybridized carbons (Fsp3) is 0.875. The normalized spacial score (nSPS) is 17.2. The van der Waals surface area contributed by atoms with Gasteiger partial charge in [-0.15, -0.1) is 0 Å².